The predicted molar refractivity (Wildman–Crippen MR) is 143 cm³/mol. The van der Waals surface area contributed by atoms with Crippen LogP contribution in [0.2, 0.25) is 0 Å². The lowest BCUT2D eigenvalue weighted by molar-refractivity contribution is -0.129. The zero-order chi connectivity index (χ0) is 30.3. The average molecular weight is 606 g/mol. The number of nitrogens with one attached hydrogen (secondary N) is 2. The number of benzene rings is 1. The van der Waals surface area contributed by atoms with Crippen molar-refractivity contribution in [2.24, 2.45) is 5.92 Å². The summed E-state index contributed by atoms with van der Waals surface area (Å²) in [5.41, 5.74) is -3.35. The van der Waals surface area contributed by atoms with Gasteiger partial charge in [-0.15, -0.1) is 0 Å². The number of rotatable bonds is 8. The second kappa shape index (κ2) is 11.5. The Morgan fingerprint density at radius 2 is 1.71 bits per heavy atom. The maximum atomic E-state index is 15.2. The van der Waals surface area contributed by atoms with Crippen LogP contribution in [0.15, 0.2) is 23.1 Å². The van der Waals surface area contributed by atoms with Crippen molar-refractivity contribution >= 4 is 32.7 Å². The Hall–Kier alpha value is -3.36. The van der Waals surface area contributed by atoms with Gasteiger partial charge < -0.3 is 5.32 Å². The first-order valence-corrected chi connectivity index (χ1v) is 14.7. The molecule has 1 aliphatic carbocycles. The molecule has 0 saturated heterocycles. The van der Waals surface area contributed by atoms with Crippen molar-refractivity contribution in [3.63, 3.8) is 0 Å². The van der Waals surface area contributed by atoms with Gasteiger partial charge in [-0.25, -0.2) is 26.6 Å². The van der Waals surface area contributed by atoms with Crippen LogP contribution in [0.3, 0.4) is 0 Å². The van der Waals surface area contributed by atoms with E-state index in [2.05, 4.69) is 22.2 Å². The Bertz CT molecular complexity index is 1620. The van der Waals surface area contributed by atoms with Crippen molar-refractivity contribution in [3.05, 3.63) is 46.1 Å². The molecule has 3 aromatic rings. The first-order valence-electron chi connectivity index (χ1n) is 13.0. The van der Waals surface area contributed by atoms with Gasteiger partial charge in [0.15, 0.2) is 17.5 Å². The molecule has 1 saturated carbocycles. The lowest BCUT2D eigenvalue weighted by atomic mass is 9.87. The van der Waals surface area contributed by atoms with Crippen LogP contribution < -0.4 is 15.6 Å². The molecule has 0 radical (unpaired) electrons. The van der Waals surface area contributed by atoms with Crippen LogP contribution in [-0.2, 0) is 10.0 Å². The van der Waals surface area contributed by atoms with E-state index in [1.807, 2.05) is 0 Å². The van der Waals surface area contributed by atoms with Crippen molar-refractivity contribution in [1.29, 1.82) is 0 Å². The van der Waals surface area contributed by atoms with E-state index < -0.39 is 74.2 Å². The smallest absolute Gasteiger partial charge is 0.351 e. The van der Waals surface area contributed by atoms with E-state index in [0.29, 0.717) is 17.9 Å². The van der Waals surface area contributed by atoms with E-state index in [4.69, 9.17) is 0 Å². The van der Waals surface area contributed by atoms with Crippen LogP contribution in [0.1, 0.15) is 58.9 Å². The first-order chi connectivity index (χ1) is 19.1. The third kappa shape index (κ3) is 6.93. The summed E-state index contributed by atoms with van der Waals surface area (Å²) in [5, 5.41) is 3.55. The van der Waals surface area contributed by atoms with Gasteiger partial charge in [-0.2, -0.15) is 18.2 Å². The molecule has 2 aromatic heterocycles. The quantitative estimate of drug-likeness (QED) is 0.236. The molecule has 2 heterocycles. The summed E-state index contributed by atoms with van der Waals surface area (Å²) >= 11 is 0. The van der Waals surface area contributed by atoms with Crippen LogP contribution in [-0.4, -0.2) is 40.9 Å². The molecule has 0 atom stereocenters. The van der Waals surface area contributed by atoms with E-state index in [1.54, 1.807) is 13.8 Å². The van der Waals surface area contributed by atoms with Crippen molar-refractivity contribution in [2.75, 3.05) is 15.8 Å². The van der Waals surface area contributed by atoms with Gasteiger partial charge in [0.1, 0.15) is 11.3 Å². The minimum atomic E-state index is -4.88. The molecule has 0 spiro atoms. The van der Waals surface area contributed by atoms with Crippen molar-refractivity contribution in [3.8, 4) is 11.1 Å². The monoisotopic (exact) mass is 605 g/mol. The molecule has 0 bridgehead atoms. The summed E-state index contributed by atoms with van der Waals surface area (Å²) in [7, 11) is -4.88. The lowest BCUT2D eigenvalue weighted by Crippen LogP contribution is -2.28. The van der Waals surface area contributed by atoms with Gasteiger partial charge in [0, 0.05) is 29.2 Å². The number of alkyl halides is 3. The molecule has 0 unspecified atom stereocenters. The standard InChI is InChI=1S/C26H29F6N5O3S/c1-13(2)37-23-15(12-33-25(35-23)34-16-6-4-14(3)5-7-16)10-18(24(37)38)17-11-19(27)22(21(29)20(17)28)36-41(39,40)9-8-26(30,31)32/h10-14,16,36H,4-9H2,1-3H3,(H,33,34,35). The van der Waals surface area contributed by atoms with Gasteiger partial charge in [-0.05, 0) is 57.6 Å². The minimum Gasteiger partial charge on any atom is -0.351 e. The molecule has 4 rings (SSSR count). The predicted octanol–water partition coefficient (Wildman–Crippen LogP) is 6.14. The fourth-order valence-corrected chi connectivity index (χ4v) is 5.89. The van der Waals surface area contributed by atoms with Crippen molar-refractivity contribution in [2.45, 2.75) is 71.1 Å². The van der Waals surface area contributed by atoms with Gasteiger partial charge >= 0.3 is 6.18 Å². The largest absolute Gasteiger partial charge is 0.390 e. The van der Waals surface area contributed by atoms with Crippen molar-refractivity contribution < 1.29 is 34.8 Å². The van der Waals surface area contributed by atoms with Gasteiger partial charge in [0.25, 0.3) is 5.56 Å². The maximum Gasteiger partial charge on any atom is 0.390 e. The highest BCUT2D eigenvalue weighted by molar-refractivity contribution is 7.92. The Kier molecular flexibility index (Phi) is 8.58. The molecule has 1 aliphatic rings. The number of fused-ring (bicyclic) bond motifs is 1. The number of halogens is 6. The molecular weight excluding hydrogens is 576 g/mol. The lowest BCUT2D eigenvalue weighted by Gasteiger charge is -2.27. The molecule has 41 heavy (non-hydrogen) atoms. The summed E-state index contributed by atoms with van der Waals surface area (Å²) in [4.78, 5) is 22.3. The summed E-state index contributed by atoms with van der Waals surface area (Å²) in [6.07, 6.45) is -1.26. The Morgan fingerprint density at radius 3 is 2.32 bits per heavy atom. The summed E-state index contributed by atoms with van der Waals surface area (Å²) in [6, 6.07) is 1.23. The number of hydrogen-bond acceptors (Lipinski definition) is 6. The number of aromatic nitrogens is 3. The van der Waals surface area contributed by atoms with Crippen molar-refractivity contribution in [1.82, 2.24) is 14.5 Å². The first kappa shape index (κ1) is 30.6. The third-order valence-corrected chi connectivity index (χ3v) is 8.26. The summed E-state index contributed by atoms with van der Waals surface area (Å²) < 4.78 is 109. The van der Waals surface area contributed by atoms with Gasteiger partial charge in [-0.1, -0.05) is 6.92 Å². The Morgan fingerprint density at radius 1 is 1.05 bits per heavy atom. The molecule has 0 amide bonds. The van der Waals surface area contributed by atoms with Crippen LogP contribution in [0, 0.1) is 23.4 Å². The highest BCUT2D eigenvalue weighted by atomic mass is 32.2. The Labute approximate surface area is 232 Å². The summed E-state index contributed by atoms with van der Waals surface area (Å²) in [5.74, 6) is -6.00. The van der Waals surface area contributed by atoms with Crippen LogP contribution in [0.25, 0.3) is 22.2 Å². The number of hydrogen-bond donors (Lipinski definition) is 2. The number of anilines is 2. The molecule has 224 valence electrons. The van der Waals surface area contributed by atoms with E-state index >= 15 is 4.39 Å². The average Bonchev–Trinajstić information content (AvgIpc) is 2.88. The maximum absolute atomic E-state index is 15.2. The minimum absolute atomic E-state index is 0.159. The van der Waals surface area contributed by atoms with E-state index in [0.717, 1.165) is 25.7 Å². The Balaban J connectivity index is 1.74. The molecule has 0 aliphatic heterocycles. The van der Waals surface area contributed by atoms with E-state index in [-0.39, 0.29) is 17.1 Å². The number of nitrogens with zero attached hydrogens (tertiary/aromatic N) is 3. The molecule has 15 heteroatoms. The second-order valence-corrected chi connectivity index (χ2v) is 12.4. The molecular formula is C26H29F6N5O3S. The van der Waals surface area contributed by atoms with E-state index in [1.165, 1.54) is 21.6 Å². The molecule has 1 aromatic carbocycles. The fourth-order valence-electron chi connectivity index (χ4n) is 4.79. The normalized spacial score (nSPS) is 18.2. The SMILES string of the molecule is CC1CCC(Nc2ncc3cc(-c4cc(F)c(NS(=O)(=O)CCC(F)(F)F)c(F)c4F)c(=O)n(C(C)C)c3n2)CC1. The third-order valence-electron chi connectivity index (χ3n) is 7.00. The topological polar surface area (TPSA) is 106 Å². The number of sulfonamides is 1. The molecule has 1 fully saturated rings. The number of pyridine rings is 1. The van der Waals surface area contributed by atoms with E-state index in [9.17, 15) is 35.2 Å². The highest BCUT2D eigenvalue weighted by Gasteiger charge is 2.32. The molecule has 8 nitrogen and oxygen atoms in total. The summed E-state index contributed by atoms with van der Waals surface area (Å²) in [6.45, 7) is 5.52. The zero-order valence-electron chi connectivity index (χ0n) is 22.4. The van der Waals surface area contributed by atoms with Gasteiger partial charge in [0.05, 0.1) is 17.7 Å². The molecule has 2 N–H and O–H groups in total. The van der Waals surface area contributed by atoms with Crippen LogP contribution in [0.4, 0.5) is 38.0 Å². The van der Waals surface area contributed by atoms with Gasteiger partial charge in [0.2, 0.25) is 16.0 Å². The van der Waals surface area contributed by atoms with Gasteiger partial charge in [-0.3, -0.25) is 14.1 Å². The fraction of sp³-hybridized carbons (Fsp3) is 0.500. The van der Waals surface area contributed by atoms with Crippen LogP contribution in [0.5, 0.6) is 0 Å². The second-order valence-electron chi connectivity index (χ2n) is 10.6. The van der Waals surface area contributed by atoms with Crippen LogP contribution >= 0.6 is 0 Å². The zero-order valence-corrected chi connectivity index (χ0v) is 23.3. The highest BCUT2D eigenvalue weighted by Crippen LogP contribution is 2.33.